The quantitative estimate of drug-likeness (QED) is 0.619. The summed E-state index contributed by atoms with van der Waals surface area (Å²) in [7, 11) is 0. The van der Waals surface area contributed by atoms with E-state index < -0.39 is 0 Å². The molecule has 1 saturated carbocycles. The fourth-order valence-corrected chi connectivity index (χ4v) is 4.96. The van der Waals surface area contributed by atoms with E-state index in [0.29, 0.717) is 0 Å². The normalized spacial score (nSPS) is 23.3. The molecule has 2 aliphatic carbocycles. The van der Waals surface area contributed by atoms with E-state index in [0.717, 1.165) is 30.4 Å². The Bertz CT molecular complexity index is 842. The Morgan fingerprint density at radius 2 is 1.48 bits per heavy atom. The van der Waals surface area contributed by atoms with Crippen LogP contribution in [-0.4, -0.2) is 5.97 Å². The zero-order valence-electron chi connectivity index (χ0n) is 17.1. The molecular weight excluding hydrogens is 332 g/mol. The molecule has 2 aromatic rings. The van der Waals surface area contributed by atoms with Gasteiger partial charge in [-0.15, -0.1) is 0 Å². The summed E-state index contributed by atoms with van der Waals surface area (Å²) >= 11 is 0. The standard InChI is InChI=1S/C25H30O2/c1-23(2,3)15-25(16-24(25,4)5)22(26)27-21-19-12-8-6-10-17(19)14-18-11-7-9-13-20(18)21/h6-13,21H,14-16H2,1-5H3. The summed E-state index contributed by atoms with van der Waals surface area (Å²) in [5.41, 5.74) is 4.51. The van der Waals surface area contributed by atoms with Crippen LogP contribution in [0.3, 0.4) is 0 Å². The number of hydrogen-bond donors (Lipinski definition) is 0. The van der Waals surface area contributed by atoms with Crippen molar-refractivity contribution in [3.8, 4) is 0 Å². The van der Waals surface area contributed by atoms with Crippen molar-refractivity contribution in [2.45, 2.75) is 60.0 Å². The largest absolute Gasteiger partial charge is 0.452 e. The van der Waals surface area contributed by atoms with E-state index >= 15 is 0 Å². The summed E-state index contributed by atoms with van der Waals surface area (Å²) < 4.78 is 6.31. The first-order chi connectivity index (χ1) is 12.6. The van der Waals surface area contributed by atoms with E-state index in [1.807, 2.05) is 12.1 Å². The summed E-state index contributed by atoms with van der Waals surface area (Å²) in [6, 6.07) is 16.7. The van der Waals surface area contributed by atoms with Crippen molar-refractivity contribution in [2.75, 3.05) is 0 Å². The lowest BCUT2D eigenvalue weighted by Crippen LogP contribution is -2.31. The van der Waals surface area contributed by atoms with Crippen LogP contribution in [0, 0.1) is 16.2 Å². The van der Waals surface area contributed by atoms with Crippen LogP contribution >= 0.6 is 0 Å². The van der Waals surface area contributed by atoms with Crippen molar-refractivity contribution in [3.63, 3.8) is 0 Å². The third kappa shape index (κ3) is 3.09. The molecular formula is C25H30O2. The average Bonchev–Trinajstić information content (AvgIpc) is 3.14. The number of fused-ring (bicyclic) bond motifs is 2. The van der Waals surface area contributed by atoms with Gasteiger partial charge in [-0.05, 0) is 41.2 Å². The summed E-state index contributed by atoms with van der Waals surface area (Å²) in [6.07, 6.45) is 2.37. The second-order valence-corrected chi connectivity index (χ2v) is 10.2. The third-order valence-electron chi connectivity index (χ3n) is 6.42. The molecule has 1 fully saturated rings. The fourth-order valence-electron chi connectivity index (χ4n) is 4.96. The summed E-state index contributed by atoms with van der Waals surface area (Å²) in [4.78, 5) is 13.5. The van der Waals surface area contributed by atoms with Crippen LogP contribution in [0.15, 0.2) is 48.5 Å². The van der Waals surface area contributed by atoms with E-state index in [1.54, 1.807) is 0 Å². The van der Waals surface area contributed by atoms with Crippen LogP contribution in [0.4, 0.5) is 0 Å². The monoisotopic (exact) mass is 362 g/mol. The zero-order chi connectivity index (χ0) is 19.4. The van der Waals surface area contributed by atoms with Gasteiger partial charge in [-0.25, -0.2) is 0 Å². The van der Waals surface area contributed by atoms with Gasteiger partial charge in [-0.2, -0.15) is 0 Å². The lowest BCUT2D eigenvalue weighted by Gasteiger charge is -2.32. The summed E-state index contributed by atoms with van der Waals surface area (Å²) in [5, 5.41) is 0. The molecule has 2 heteroatoms. The van der Waals surface area contributed by atoms with E-state index in [4.69, 9.17) is 4.74 Å². The first-order valence-electron chi connectivity index (χ1n) is 10.00. The van der Waals surface area contributed by atoms with Crippen molar-refractivity contribution in [1.82, 2.24) is 0 Å². The molecule has 2 aliphatic rings. The molecule has 2 nitrogen and oxygen atoms in total. The van der Waals surface area contributed by atoms with Gasteiger partial charge in [0.15, 0.2) is 6.10 Å². The number of hydrogen-bond acceptors (Lipinski definition) is 2. The van der Waals surface area contributed by atoms with Crippen molar-refractivity contribution >= 4 is 5.97 Å². The molecule has 0 aliphatic heterocycles. The smallest absolute Gasteiger partial charge is 0.313 e. The molecule has 0 aromatic heterocycles. The highest BCUT2D eigenvalue weighted by atomic mass is 16.5. The van der Waals surface area contributed by atoms with E-state index in [1.165, 1.54) is 11.1 Å². The van der Waals surface area contributed by atoms with Gasteiger partial charge in [-0.1, -0.05) is 83.1 Å². The lowest BCUT2D eigenvalue weighted by molar-refractivity contribution is -0.157. The Kier molecular flexibility index (Phi) is 4.03. The molecule has 0 saturated heterocycles. The van der Waals surface area contributed by atoms with Gasteiger partial charge in [0.1, 0.15) is 0 Å². The predicted octanol–water partition coefficient (Wildman–Crippen LogP) is 6.08. The topological polar surface area (TPSA) is 26.3 Å². The molecule has 1 atom stereocenters. The van der Waals surface area contributed by atoms with Crippen LogP contribution in [0.2, 0.25) is 0 Å². The van der Waals surface area contributed by atoms with E-state index in [2.05, 4.69) is 71.0 Å². The second-order valence-electron chi connectivity index (χ2n) is 10.2. The predicted molar refractivity (Wildman–Crippen MR) is 109 cm³/mol. The number of ether oxygens (including phenoxy) is 1. The average molecular weight is 363 g/mol. The maximum atomic E-state index is 13.5. The number of benzene rings is 2. The van der Waals surface area contributed by atoms with Crippen molar-refractivity contribution in [3.05, 3.63) is 70.8 Å². The minimum atomic E-state index is -0.368. The minimum Gasteiger partial charge on any atom is -0.452 e. The van der Waals surface area contributed by atoms with Crippen LogP contribution in [0.25, 0.3) is 0 Å². The maximum Gasteiger partial charge on any atom is 0.313 e. The van der Waals surface area contributed by atoms with Crippen LogP contribution in [0.5, 0.6) is 0 Å². The molecule has 0 amide bonds. The van der Waals surface area contributed by atoms with Gasteiger partial charge >= 0.3 is 5.97 Å². The molecule has 0 N–H and O–H groups in total. The summed E-state index contributed by atoms with van der Waals surface area (Å²) in [6.45, 7) is 11.0. The third-order valence-corrected chi connectivity index (χ3v) is 6.42. The number of rotatable bonds is 3. The van der Waals surface area contributed by atoms with E-state index in [-0.39, 0.29) is 28.3 Å². The number of esters is 1. The molecule has 0 spiro atoms. The van der Waals surface area contributed by atoms with Gasteiger partial charge in [0.2, 0.25) is 0 Å². The van der Waals surface area contributed by atoms with Crippen molar-refractivity contribution < 1.29 is 9.53 Å². The molecule has 0 heterocycles. The Balaban J connectivity index is 1.70. The molecule has 142 valence electrons. The Morgan fingerprint density at radius 1 is 1.00 bits per heavy atom. The minimum absolute atomic E-state index is 0.00503. The van der Waals surface area contributed by atoms with Crippen molar-refractivity contribution in [2.24, 2.45) is 16.2 Å². The Morgan fingerprint density at radius 3 is 1.93 bits per heavy atom. The van der Waals surface area contributed by atoms with Gasteiger partial charge < -0.3 is 4.74 Å². The molecule has 27 heavy (non-hydrogen) atoms. The SMILES string of the molecule is CC(C)(C)CC1(C(=O)OC2c3ccccc3Cc3ccccc32)CC1(C)C. The van der Waals surface area contributed by atoms with Gasteiger partial charge in [-0.3, -0.25) is 4.79 Å². The highest BCUT2D eigenvalue weighted by Gasteiger charge is 2.68. The van der Waals surface area contributed by atoms with Gasteiger partial charge in [0.05, 0.1) is 5.41 Å². The molecule has 2 aromatic carbocycles. The molecule has 0 radical (unpaired) electrons. The van der Waals surface area contributed by atoms with Crippen LogP contribution in [0.1, 0.15) is 75.8 Å². The number of carbonyl (C=O) groups excluding carboxylic acids is 1. The summed E-state index contributed by atoms with van der Waals surface area (Å²) in [5.74, 6) is -0.0288. The first-order valence-corrected chi connectivity index (χ1v) is 10.00. The molecule has 4 rings (SSSR count). The fraction of sp³-hybridized carbons (Fsp3) is 0.480. The Labute approximate surface area is 162 Å². The Hall–Kier alpha value is -2.09. The van der Waals surface area contributed by atoms with Crippen LogP contribution < -0.4 is 0 Å². The second kappa shape index (κ2) is 5.95. The highest BCUT2D eigenvalue weighted by molar-refractivity contribution is 5.82. The van der Waals surface area contributed by atoms with E-state index in [9.17, 15) is 4.79 Å². The van der Waals surface area contributed by atoms with Crippen LogP contribution in [-0.2, 0) is 16.0 Å². The zero-order valence-corrected chi connectivity index (χ0v) is 17.1. The van der Waals surface area contributed by atoms with Gasteiger partial charge in [0.25, 0.3) is 0 Å². The maximum absolute atomic E-state index is 13.5. The lowest BCUT2D eigenvalue weighted by atomic mass is 9.78. The molecule has 0 bridgehead atoms. The highest BCUT2D eigenvalue weighted by Crippen LogP contribution is 2.68. The first kappa shape index (κ1) is 18.3. The van der Waals surface area contributed by atoms with Gasteiger partial charge in [0, 0.05) is 11.1 Å². The molecule has 1 unspecified atom stereocenters. The number of carbonyl (C=O) groups is 1. The van der Waals surface area contributed by atoms with Crippen molar-refractivity contribution in [1.29, 1.82) is 0 Å².